The number of aliphatic hydroxyl groups is 1. The summed E-state index contributed by atoms with van der Waals surface area (Å²) in [6.45, 7) is 5.41. The molecule has 1 aromatic carbocycles. The molecule has 0 aromatic heterocycles. The third-order valence-corrected chi connectivity index (χ3v) is 4.66. The normalized spacial score (nSPS) is 21.1. The molecule has 1 aromatic rings. The van der Waals surface area contributed by atoms with Crippen LogP contribution in [0.1, 0.15) is 11.7 Å². The van der Waals surface area contributed by atoms with Crippen LogP contribution >= 0.6 is 0 Å². The molecule has 0 bridgehead atoms. The van der Waals surface area contributed by atoms with Gasteiger partial charge in [-0.3, -0.25) is 19.5 Å². The van der Waals surface area contributed by atoms with E-state index < -0.39 is 6.10 Å². The second-order valence-electron chi connectivity index (χ2n) is 6.27. The number of hydrogen-bond acceptors (Lipinski definition) is 5. The van der Waals surface area contributed by atoms with Crippen LogP contribution in [0.2, 0.25) is 0 Å². The highest BCUT2D eigenvalue weighted by Gasteiger charge is 2.29. The van der Waals surface area contributed by atoms with E-state index in [4.69, 9.17) is 0 Å². The van der Waals surface area contributed by atoms with Crippen molar-refractivity contribution in [2.45, 2.75) is 6.10 Å². The zero-order valence-electron chi connectivity index (χ0n) is 13.7. The lowest BCUT2D eigenvalue weighted by atomic mass is 10.1. The SMILES string of the molecule is O=C1CNC(=O)N1CCN1CCN(C[C@@H](O)c2ccccc2)CC1. The molecule has 3 rings (SSSR count). The maximum atomic E-state index is 11.6. The minimum atomic E-state index is -0.469. The van der Waals surface area contributed by atoms with Crippen molar-refractivity contribution in [3.63, 3.8) is 0 Å². The van der Waals surface area contributed by atoms with Crippen LogP contribution in [0, 0.1) is 0 Å². The van der Waals surface area contributed by atoms with E-state index in [0.717, 1.165) is 31.7 Å². The van der Waals surface area contributed by atoms with E-state index in [1.807, 2.05) is 30.3 Å². The molecule has 1 atom stereocenters. The van der Waals surface area contributed by atoms with Gasteiger partial charge in [0, 0.05) is 45.8 Å². The maximum absolute atomic E-state index is 11.6. The van der Waals surface area contributed by atoms with E-state index in [1.54, 1.807) is 0 Å². The molecule has 7 heteroatoms. The summed E-state index contributed by atoms with van der Waals surface area (Å²) in [5, 5.41) is 12.8. The summed E-state index contributed by atoms with van der Waals surface area (Å²) in [5.74, 6) is -0.149. The average molecular weight is 332 g/mol. The molecule has 2 fully saturated rings. The molecule has 2 heterocycles. The van der Waals surface area contributed by atoms with Crippen molar-refractivity contribution in [2.24, 2.45) is 0 Å². The molecule has 3 amide bonds. The number of urea groups is 1. The zero-order chi connectivity index (χ0) is 16.9. The van der Waals surface area contributed by atoms with Crippen LogP contribution in [-0.4, -0.2) is 84.1 Å². The first-order valence-electron chi connectivity index (χ1n) is 8.39. The Morgan fingerprint density at radius 2 is 1.67 bits per heavy atom. The second-order valence-corrected chi connectivity index (χ2v) is 6.27. The standard InChI is InChI=1S/C17H24N4O3/c22-15(14-4-2-1-3-5-14)13-20-8-6-19(7-9-20)10-11-21-16(23)12-18-17(21)24/h1-5,15,22H,6-13H2,(H,18,24)/t15-/m1/s1. The fourth-order valence-corrected chi connectivity index (χ4v) is 3.14. The van der Waals surface area contributed by atoms with Crippen molar-refractivity contribution in [3.8, 4) is 0 Å². The summed E-state index contributed by atoms with van der Waals surface area (Å²) >= 11 is 0. The van der Waals surface area contributed by atoms with Gasteiger partial charge in [-0.05, 0) is 5.56 Å². The predicted octanol–water partition coefficient (Wildman–Crippen LogP) is -0.111. The Balaban J connectivity index is 1.39. The smallest absolute Gasteiger partial charge is 0.324 e. The first-order chi connectivity index (χ1) is 11.6. The number of piperazine rings is 1. The van der Waals surface area contributed by atoms with Crippen molar-refractivity contribution in [1.29, 1.82) is 0 Å². The van der Waals surface area contributed by atoms with Gasteiger partial charge in [-0.25, -0.2) is 4.79 Å². The fraction of sp³-hybridized carbons (Fsp3) is 0.529. The van der Waals surface area contributed by atoms with Crippen molar-refractivity contribution in [2.75, 3.05) is 52.4 Å². The molecule has 0 aliphatic carbocycles. The molecule has 0 saturated carbocycles. The van der Waals surface area contributed by atoms with E-state index in [-0.39, 0.29) is 18.5 Å². The summed E-state index contributed by atoms with van der Waals surface area (Å²) in [5.41, 5.74) is 0.943. The molecule has 7 nitrogen and oxygen atoms in total. The van der Waals surface area contributed by atoms with E-state index in [2.05, 4.69) is 15.1 Å². The van der Waals surface area contributed by atoms with Crippen molar-refractivity contribution >= 4 is 11.9 Å². The van der Waals surface area contributed by atoms with Crippen LogP contribution in [0.25, 0.3) is 0 Å². The van der Waals surface area contributed by atoms with Crippen molar-refractivity contribution < 1.29 is 14.7 Å². The van der Waals surface area contributed by atoms with E-state index >= 15 is 0 Å². The number of aliphatic hydroxyl groups excluding tert-OH is 1. The van der Waals surface area contributed by atoms with Gasteiger partial charge in [0.1, 0.15) is 0 Å². The van der Waals surface area contributed by atoms with Gasteiger partial charge in [0.05, 0.1) is 12.6 Å². The molecule has 130 valence electrons. The quantitative estimate of drug-likeness (QED) is 0.711. The largest absolute Gasteiger partial charge is 0.387 e. The summed E-state index contributed by atoms with van der Waals surface area (Å²) in [4.78, 5) is 28.8. The molecule has 0 radical (unpaired) electrons. The minimum absolute atomic E-state index is 0.115. The van der Waals surface area contributed by atoms with E-state index in [9.17, 15) is 14.7 Å². The van der Waals surface area contributed by atoms with Crippen LogP contribution in [0.4, 0.5) is 4.79 Å². The molecular formula is C17H24N4O3. The molecule has 2 aliphatic rings. The molecular weight excluding hydrogens is 308 g/mol. The lowest BCUT2D eigenvalue weighted by Crippen LogP contribution is -2.49. The highest BCUT2D eigenvalue weighted by molar-refractivity contribution is 6.01. The zero-order valence-corrected chi connectivity index (χ0v) is 13.7. The third-order valence-electron chi connectivity index (χ3n) is 4.66. The number of imide groups is 1. The molecule has 24 heavy (non-hydrogen) atoms. The first kappa shape index (κ1) is 16.9. The Morgan fingerprint density at radius 1 is 1.00 bits per heavy atom. The van der Waals surface area contributed by atoms with Crippen LogP contribution in [-0.2, 0) is 4.79 Å². The topological polar surface area (TPSA) is 76.1 Å². The van der Waals surface area contributed by atoms with Gasteiger partial charge in [0.2, 0.25) is 5.91 Å². The number of carbonyl (C=O) groups is 2. The van der Waals surface area contributed by atoms with Crippen molar-refractivity contribution in [1.82, 2.24) is 20.0 Å². The number of carbonyl (C=O) groups excluding carboxylic acids is 2. The molecule has 0 spiro atoms. The Kier molecular flexibility index (Phi) is 5.44. The van der Waals surface area contributed by atoms with Gasteiger partial charge in [0.15, 0.2) is 0 Å². The van der Waals surface area contributed by atoms with E-state index in [1.165, 1.54) is 4.90 Å². The highest BCUT2D eigenvalue weighted by atomic mass is 16.3. The molecule has 2 N–H and O–H groups in total. The maximum Gasteiger partial charge on any atom is 0.324 e. The second kappa shape index (κ2) is 7.74. The Labute approximate surface area is 141 Å². The van der Waals surface area contributed by atoms with Crippen molar-refractivity contribution in [3.05, 3.63) is 35.9 Å². The van der Waals surface area contributed by atoms with Gasteiger partial charge in [-0.15, -0.1) is 0 Å². The van der Waals surface area contributed by atoms with Gasteiger partial charge >= 0.3 is 6.03 Å². The number of nitrogens with zero attached hydrogens (tertiary/aromatic N) is 3. The highest BCUT2D eigenvalue weighted by Crippen LogP contribution is 2.15. The van der Waals surface area contributed by atoms with Crippen LogP contribution in [0.3, 0.4) is 0 Å². The Morgan fingerprint density at radius 3 is 2.29 bits per heavy atom. The van der Waals surface area contributed by atoms with Crippen LogP contribution < -0.4 is 5.32 Å². The minimum Gasteiger partial charge on any atom is -0.387 e. The van der Waals surface area contributed by atoms with Crippen LogP contribution in [0.15, 0.2) is 30.3 Å². The number of amides is 3. The monoisotopic (exact) mass is 332 g/mol. The molecule has 0 unspecified atom stereocenters. The fourth-order valence-electron chi connectivity index (χ4n) is 3.14. The third kappa shape index (κ3) is 4.11. The first-order valence-corrected chi connectivity index (χ1v) is 8.39. The average Bonchev–Trinajstić information content (AvgIpc) is 2.93. The lowest BCUT2D eigenvalue weighted by molar-refractivity contribution is -0.125. The number of rotatable bonds is 6. The summed E-state index contributed by atoms with van der Waals surface area (Å²) < 4.78 is 0. The molecule has 2 saturated heterocycles. The number of benzene rings is 1. The van der Waals surface area contributed by atoms with Gasteiger partial charge in [-0.1, -0.05) is 30.3 Å². The lowest BCUT2D eigenvalue weighted by Gasteiger charge is -2.36. The molecule has 2 aliphatic heterocycles. The Bertz CT molecular complexity index is 556. The number of β-amino-alcohol motifs (C(OH)–C–C–N with tert-alkyl or cyclic N) is 1. The van der Waals surface area contributed by atoms with Crippen LogP contribution in [0.5, 0.6) is 0 Å². The van der Waals surface area contributed by atoms with Gasteiger partial charge < -0.3 is 10.4 Å². The Hall–Kier alpha value is -1.96. The summed E-state index contributed by atoms with van der Waals surface area (Å²) in [7, 11) is 0. The van der Waals surface area contributed by atoms with Gasteiger partial charge in [0.25, 0.3) is 0 Å². The number of hydrogen-bond donors (Lipinski definition) is 2. The number of nitrogens with one attached hydrogen (secondary N) is 1. The van der Waals surface area contributed by atoms with Gasteiger partial charge in [-0.2, -0.15) is 0 Å². The predicted molar refractivity (Wildman–Crippen MR) is 89.4 cm³/mol. The summed E-state index contributed by atoms with van der Waals surface area (Å²) in [6.07, 6.45) is -0.469. The van der Waals surface area contributed by atoms with E-state index in [0.29, 0.717) is 19.6 Å². The summed E-state index contributed by atoms with van der Waals surface area (Å²) in [6, 6.07) is 9.42.